The minimum atomic E-state index is -0.575. The fourth-order valence-electron chi connectivity index (χ4n) is 3.41. The van der Waals surface area contributed by atoms with Crippen LogP contribution in [0.4, 0.5) is 4.39 Å². The third kappa shape index (κ3) is 3.91. The number of Topliss-reactive ketones (excluding diaryl/α,β-unsaturated/α-hetero) is 1. The standard InChI is InChI=1S/C22H25FO5/c1-22(2)7-6-14-11-15(16(23)12-18(14)28-22)17(24)8-13-9-19(25-3)21(27-5)20(10-13)26-4/h9-12H,6-8H2,1-5H3/i23-1. The predicted octanol–water partition coefficient (Wildman–Crippen LogP) is 4.38. The zero-order valence-corrected chi connectivity index (χ0v) is 16.8. The summed E-state index contributed by atoms with van der Waals surface area (Å²) in [5.74, 6) is 0.963. The summed E-state index contributed by atoms with van der Waals surface area (Å²) in [6.45, 7) is 3.94. The number of hydrogen-bond acceptors (Lipinski definition) is 5. The first kappa shape index (κ1) is 20.0. The van der Waals surface area contributed by atoms with Crippen LogP contribution in [0, 0.1) is 5.82 Å². The quantitative estimate of drug-likeness (QED) is 0.689. The van der Waals surface area contributed by atoms with Crippen LogP contribution in [0.3, 0.4) is 0 Å². The molecule has 0 amide bonds. The van der Waals surface area contributed by atoms with Crippen molar-refractivity contribution < 1.29 is 28.1 Å². The van der Waals surface area contributed by atoms with Crippen molar-refractivity contribution in [3.8, 4) is 23.0 Å². The van der Waals surface area contributed by atoms with Crippen LogP contribution in [0.5, 0.6) is 23.0 Å². The van der Waals surface area contributed by atoms with Gasteiger partial charge in [-0.2, -0.15) is 0 Å². The fourth-order valence-corrected chi connectivity index (χ4v) is 3.41. The van der Waals surface area contributed by atoms with E-state index in [2.05, 4.69) is 0 Å². The van der Waals surface area contributed by atoms with Gasteiger partial charge in [0.25, 0.3) is 0 Å². The van der Waals surface area contributed by atoms with Gasteiger partial charge in [-0.3, -0.25) is 4.79 Å². The van der Waals surface area contributed by atoms with Gasteiger partial charge >= 0.3 is 0 Å². The highest BCUT2D eigenvalue weighted by atomic mass is 18.2. The Morgan fingerprint density at radius 2 is 1.71 bits per heavy atom. The van der Waals surface area contributed by atoms with Crippen LogP contribution in [0.25, 0.3) is 0 Å². The predicted molar refractivity (Wildman–Crippen MR) is 104 cm³/mol. The normalized spacial score (nSPS) is 14.6. The number of methoxy groups -OCH3 is 3. The largest absolute Gasteiger partial charge is 0.493 e. The fraction of sp³-hybridized carbons (Fsp3) is 0.409. The van der Waals surface area contributed by atoms with Crippen molar-refractivity contribution in [1.29, 1.82) is 0 Å². The van der Waals surface area contributed by atoms with E-state index < -0.39 is 5.82 Å². The van der Waals surface area contributed by atoms with Crippen molar-refractivity contribution in [2.45, 2.75) is 38.7 Å². The van der Waals surface area contributed by atoms with Crippen molar-refractivity contribution in [1.82, 2.24) is 0 Å². The molecule has 3 rings (SSSR count). The second kappa shape index (κ2) is 7.70. The van der Waals surface area contributed by atoms with E-state index in [1.807, 2.05) is 13.8 Å². The van der Waals surface area contributed by atoms with E-state index >= 15 is 0 Å². The Bertz CT molecular complexity index is 879. The molecule has 1 aliphatic heterocycles. The number of aryl methyl sites for hydroxylation is 1. The summed E-state index contributed by atoms with van der Waals surface area (Å²) in [5, 5.41) is 0. The molecule has 0 fully saturated rings. The van der Waals surface area contributed by atoms with E-state index in [4.69, 9.17) is 18.9 Å². The van der Waals surface area contributed by atoms with Crippen molar-refractivity contribution in [3.05, 3.63) is 46.8 Å². The van der Waals surface area contributed by atoms with Gasteiger partial charge in [-0.25, -0.2) is 4.39 Å². The Hall–Kier alpha value is -2.76. The monoisotopic (exact) mass is 387 g/mol. The summed E-state index contributed by atoms with van der Waals surface area (Å²) in [6, 6.07) is 6.32. The number of benzene rings is 2. The number of fused-ring (bicyclic) bond motifs is 1. The van der Waals surface area contributed by atoms with Crippen LogP contribution >= 0.6 is 0 Å². The molecule has 0 bridgehead atoms. The van der Waals surface area contributed by atoms with Gasteiger partial charge in [0, 0.05) is 12.5 Å². The second-order valence-electron chi connectivity index (χ2n) is 7.44. The average molecular weight is 387 g/mol. The topological polar surface area (TPSA) is 54.0 Å². The van der Waals surface area contributed by atoms with Crippen LogP contribution in [0.1, 0.15) is 41.8 Å². The third-order valence-electron chi connectivity index (χ3n) is 4.92. The lowest BCUT2D eigenvalue weighted by Gasteiger charge is -2.32. The molecule has 2 aromatic rings. The van der Waals surface area contributed by atoms with Gasteiger partial charge in [-0.05, 0) is 56.0 Å². The molecule has 2 aromatic carbocycles. The summed E-state index contributed by atoms with van der Waals surface area (Å²) in [6.07, 6.45) is 1.57. The molecule has 150 valence electrons. The first-order chi connectivity index (χ1) is 13.3. The maximum absolute atomic E-state index is 14.6. The van der Waals surface area contributed by atoms with Crippen LogP contribution in [0.15, 0.2) is 24.3 Å². The lowest BCUT2D eigenvalue weighted by atomic mass is 9.91. The van der Waals surface area contributed by atoms with E-state index in [0.717, 1.165) is 18.4 Å². The molecule has 1 aliphatic rings. The van der Waals surface area contributed by atoms with E-state index in [9.17, 15) is 9.18 Å². The molecule has 0 aliphatic carbocycles. The van der Waals surface area contributed by atoms with Gasteiger partial charge < -0.3 is 18.9 Å². The van der Waals surface area contributed by atoms with Gasteiger partial charge in [-0.1, -0.05) is 0 Å². The van der Waals surface area contributed by atoms with Crippen LogP contribution in [-0.4, -0.2) is 32.7 Å². The Kier molecular flexibility index (Phi) is 5.49. The molecule has 0 spiro atoms. The Morgan fingerprint density at radius 3 is 2.29 bits per heavy atom. The maximum Gasteiger partial charge on any atom is 0.203 e. The lowest BCUT2D eigenvalue weighted by molar-refractivity contribution is 0.0840. The number of carbonyl (C=O) groups excluding carboxylic acids is 1. The van der Waals surface area contributed by atoms with Crippen LogP contribution < -0.4 is 18.9 Å². The van der Waals surface area contributed by atoms with Crippen LogP contribution in [0.2, 0.25) is 0 Å². The maximum atomic E-state index is 14.6. The highest BCUT2D eigenvalue weighted by Crippen LogP contribution is 2.39. The SMILES string of the molecule is COc1cc(CC(=O)c2cc3c(cc2[18F])OC(C)(C)CC3)cc(OC)c1OC. The number of ether oxygens (including phenoxy) is 4. The van der Waals surface area contributed by atoms with Gasteiger partial charge in [-0.15, -0.1) is 0 Å². The number of ketones is 1. The molecule has 28 heavy (non-hydrogen) atoms. The highest BCUT2D eigenvalue weighted by Gasteiger charge is 2.28. The van der Waals surface area contributed by atoms with Gasteiger partial charge in [0.2, 0.25) is 5.75 Å². The Labute approximate surface area is 164 Å². The molecule has 0 saturated heterocycles. The van der Waals surface area contributed by atoms with Crippen molar-refractivity contribution >= 4 is 5.78 Å². The van der Waals surface area contributed by atoms with Gasteiger partial charge in [0.15, 0.2) is 17.3 Å². The first-order valence-corrected chi connectivity index (χ1v) is 9.11. The summed E-state index contributed by atoms with van der Waals surface area (Å²) in [4.78, 5) is 12.8. The number of hydrogen-bond donors (Lipinski definition) is 0. The smallest absolute Gasteiger partial charge is 0.203 e. The molecular formula is C22H25FO5. The van der Waals surface area contributed by atoms with E-state index in [1.165, 1.54) is 27.4 Å². The first-order valence-electron chi connectivity index (χ1n) is 9.11. The Morgan fingerprint density at radius 1 is 1.07 bits per heavy atom. The molecule has 0 aromatic heterocycles. The molecule has 0 N–H and O–H groups in total. The molecule has 0 atom stereocenters. The zero-order chi connectivity index (χ0) is 20.5. The summed E-state index contributed by atoms with van der Waals surface area (Å²) >= 11 is 0. The van der Waals surface area contributed by atoms with Crippen molar-refractivity contribution in [2.75, 3.05) is 21.3 Å². The highest BCUT2D eigenvalue weighted by molar-refractivity contribution is 5.98. The molecule has 1 heterocycles. The minimum absolute atomic E-state index is 0.0127. The number of rotatable bonds is 6. The van der Waals surface area contributed by atoms with Gasteiger partial charge in [0.05, 0.1) is 26.9 Å². The molecule has 6 heteroatoms. The van der Waals surface area contributed by atoms with Crippen molar-refractivity contribution in [3.63, 3.8) is 0 Å². The summed E-state index contributed by atoms with van der Waals surface area (Å²) < 4.78 is 36.4. The van der Waals surface area contributed by atoms with E-state index in [0.29, 0.717) is 28.6 Å². The molecule has 5 nitrogen and oxygen atoms in total. The van der Waals surface area contributed by atoms with E-state index in [-0.39, 0.29) is 23.4 Å². The number of halogens is 1. The van der Waals surface area contributed by atoms with Crippen LogP contribution in [-0.2, 0) is 12.8 Å². The zero-order valence-electron chi connectivity index (χ0n) is 16.8. The molecular weight excluding hydrogens is 362 g/mol. The van der Waals surface area contributed by atoms with Crippen molar-refractivity contribution in [2.24, 2.45) is 0 Å². The average Bonchev–Trinajstić information content (AvgIpc) is 2.65. The second-order valence-corrected chi connectivity index (χ2v) is 7.44. The van der Waals surface area contributed by atoms with Gasteiger partial charge in [0.1, 0.15) is 17.2 Å². The number of carbonyl (C=O) groups is 1. The lowest BCUT2D eigenvalue weighted by Crippen LogP contribution is -2.32. The Balaban J connectivity index is 1.90. The molecule has 0 radical (unpaired) electrons. The molecule has 0 saturated carbocycles. The molecule has 0 unspecified atom stereocenters. The summed E-state index contributed by atoms with van der Waals surface area (Å²) in [5.41, 5.74) is 1.24. The van der Waals surface area contributed by atoms with E-state index in [1.54, 1.807) is 18.2 Å². The summed E-state index contributed by atoms with van der Waals surface area (Å²) in [7, 11) is 4.53. The minimum Gasteiger partial charge on any atom is -0.493 e. The third-order valence-corrected chi connectivity index (χ3v) is 4.92.